The van der Waals surface area contributed by atoms with Crippen LogP contribution < -0.4 is 10.1 Å². The molecule has 0 heterocycles. The highest BCUT2D eigenvalue weighted by Crippen LogP contribution is 2.18. The average Bonchev–Trinajstić information content (AvgIpc) is 2.40. The molecule has 1 aromatic carbocycles. The standard InChI is InChI=1S/C16H26FNO2/c1-13(2)11-18-12-14-6-7-16(15(17)10-14)20-9-5-4-8-19-3/h6-7,10,13,18H,4-5,8-9,11-12H2,1-3H3. The van der Waals surface area contributed by atoms with Crippen molar-refractivity contribution in [3.05, 3.63) is 29.6 Å². The zero-order chi connectivity index (χ0) is 14.8. The highest BCUT2D eigenvalue weighted by Gasteiger charge is 2.05. The quantitative estimate of drug-likeness (QED) is 0.668. The number of nitrogens with one attached hydrogen (secondary N) is 1. The Morgan fingerprint density at radius 1 is 1.20 bits per heavy atom. The minimum atomic E-state index is -0.291. The lowest BCUT2D eigenvalue weighted by molar-refractivity contribution is 0.183. The van der Waals surface area contributed by atoms with Crippen LogP contribution in [0.1, 0.15) is 32.3 Å². The Bertz CT molecular complexity index is 383. The van der Waals surface area contributed by atoms with Gasteiger partial charge in [-0.25, -0.2) is 4.39 Å². The number of rotatable bonds is 10. The second kappa shape index (κ2) is 9.72. The maximum absolute atomic E-state index is 13.8. The normalized spacial score (nSPS) is 11.1. The fourth-order valence-corrected chi connectivity index (χ4v) is 1.81. The molecular formula is C16H26FNO2. The van der Waals surface area contributed by atoms with Gasteiger partial charge in [0, 0.05) is 20.3 Å². The number of hydrogen-bond donors (Lipinski definition) is 1. The molecule has 0 spiro atoms. The predicted molar refractivity (Wildman–Crippen MR) is 79.5 cm³/mol. The first kappa shape index (κ1) is 16.9. The van der Waals surface area contributed by atoms with Crippen LogP contribution in [-0.4, -0.2) is 26.9 Å². The van der Waals surface area contributed by atoms with Gasteiger partial charge in [-0.3, -0.25) is 0 Å². The SMILES string of the molecule is COCCCCOc1ccc(CNCC(C)C)cc1F. The number of halogens is 1. The van der Waals surface area contributed by atoms with Crippen molar-refractivity contribution in [2.75, 3.05) is 26.9 Å². The lowest BCUT2D eigenvalue weighted by atomic mass is 10.2. The molecule has 0 fully saturated rings. The number of methoxy groups -OCH3 is 1. The topological polar surface area (TPSA) is 30.5 Å². The first-order valence-corrected chi connectivity index (χ1v) is 7.24. The minimum Gasteiger partial charge on any atom is -0.491 e. The molecule has 0 aliphatic heterocycles. The van der Waals surface area contributed by atoms with Crippen LogP contribution in [0.4, 0.5) is 4.39 Å². The van der Waals surface area contributed by atoms with Crippen LogP contribution >= 0.6 is 0 Å². The zero-order valence-corrected chi connectivity index (χ0v) is 12.7. The molecule has 0 saturated heterocycles. The average molecular weight is 283 g/mol. The first-order chi connectivity index (χ1) is 9.63. The Kier molecular flexibility index (Phi) is 8.23. The van der Waals surface area contributed by atoms with E-state index in [0.29, 0.717) is 31.4 Å². The molecule has 1 aromatic rings. The molecule has 0 bridgehead atoms. The van der Waals surface area contributed by atoms with Gasteiger partial charge in [0.2, 0.25) is 0 Å². The second-order valence-electron chi connectivity index (χ2n) is 5.34. The number of unbranched alkanes of at least 4 members (excludes halogenated alkanes) is 1. The molecule has 3 nitrogen and oxygen atoms in total. The summed E-state index contributed by atoms with van der Waals surface area (Å²) < 4.78 is 24.2. The van der Waals surface area contributed by atoms with Crippen LogP contribution in [0.5, 0.6) is 5.75 Å². The second-order valence-corrected chi connectivity index (χ2v) is 5.34. The number of benzene rings is 1. The van der Waals surface area contributed by atoms with Gasteiger partial charge in [-0.1, -0.05) is 19.9 Å². The van der Waals surface area contributed by atoms with Crippen LogP contribution in [0.15, 0.2) is 18.2 Å². The Hall–Kier alpha value is -1.13. The Balaban J connectivity index is 2.35. The van der Waals surface area contributed by atoms with E-state index in [9.17, 15) is 4.39 Å². The third kappa shape index (κ3) is 6.87. The minimum absolute atomic E-state index is 0.291. The molecule has 0 amide bonds. The molecule has 0 aliphatic carbocycles. The molecule has 0 aromatic heterocycles. The largest absolute Gasteiger partial charge is 0.491 e. The van der Waals surface area contributed by atoms with Crippen LogP contribution in [-0.2, 0) is 11.3 Å². The van der Waals surface area contributed by atoms with Gasteiger partial charge in [0.1, 0.15) is 0 Å². The molecule has 4 heteroatoms. The van der Waals surface area contributed by atoms with Gasteiger partial charge < -0.3 is 14.8 Å². The van der Waals surface area contributed by atoms with Crippen molar-refractivity contribution < 1.29 is 13.9 Å². The maximum Gasteiger partial charge on any atom is 0.165 e. The lowest BCUT2D eigenvalue weighted by Crippen LogP contribution is -2.19. The summed E-state index contributed by atoms with van der Waals surface area (Å²) in [6.45, 7) is 7.14. The van der Waals surface area contributed by atoms with Crippen LogP contribution in [0.2, 0.25) is 0 Å². The first-order valence-electron chi connectivity index (χ1n) is 7.24. The third-order valence-corrected chi connectivity index (χ3v) is 2.88. The van der Waals surface area contributed by atoms with E-state index >= 15 is 0 Å². The monoisotopic (exact) mass is 283 g/mol. The van der Waals surface area contributed by atoms with Gasteiger partial charge in [0.05, 0.1) is 6.61 Å². The molecule has 0 unspecified atom stereocenters. The third-order valence-electron chi connectivity index (χ3n) is 2.88. The van der Waals surface area contributed by atoms with Gasteiger partial charge in [0.25, 0.3) is 0 Å². The van der Waals surface area contributed by atoms with Gasteiger partial charge in [-0.15, -0.1) is 0 Å². The van der Waals surface area contributed by atoms with E-state index < -0.39 is 0 Å². The van der Waals surface area contributed by atoms with E-state index in [-0.39, 0.29) is 5.82 Å². The van der Waals surface area contributed by atoms with Gasteiger partial charge in [-0.05, 0) is 43.0 Å². The smallest absolute Gasteiger partial charge is 0.165 e. The summed E-state index contributed by atoms with van der Waals surface area (Å²) in [7, 11) is 1.67. The summed E-state index contributed by atoms with van der Waals surface area (Å²) in [5.74, 6) is 0.630. The Labute approximate surface area is 121 Å². The summed E-state index contributed by atoms with van der Waals surface area (Å²) >= 11 is 0. The molecule has 0 radical (unpaired) electrons. The molecule has 0 atom stereocenters. The summed E-state index contributed by atoms with van der Waals surface area (Å²) in [5.41, 5.74) is 0.940. The Morgan fingerprint density at radius 3 is 2.60 bits per heavy atom. The molecule has 20 heavy (non-hydrogen) atoms. The van der Waals surface area contributed by atoms with Gasteiger partial charge in [0.15, 0.2) is 11.6 Å². The number of hydrogen-bond acceptors (Lipinski definition) is 3. The number of ether oxygens (including phenoxy) is 2. The molecule has 0 saturated carbocycles. The Morgan fingerprint density at radius 2 is 1.95 bits per heavy atom. The van der Waals surface area contributed by atoms with E-state index in [1.807, 2.05) is 6.07 Å². The summed E-state index contributed by atoms with van der Waals surface area (Å²) in [5, 5.41) is 3.29. The van der Waals surface area contributed by atoms with Crippen LogP contribution in [0.3, 0.4) is 0 Å². The highest BCUT2D eigenvalue weighted by molar-refractivity contribution is 5.29. The van der Waals surface area contributed by atoms with Gasteiger partial charge >= 0.3 is 0 Å². The summed E-state index contributed by atoms with van der Waals surface area (Å²) in [6.07, 6.45) is 1.79. The van der Waals surface area contributed by atoms with E-state index in [4.69, 9.17) is 9.47 Å². The van der Waals surface area contributed by atoms with Gasteiger partial charge in [-0.2, -0.15) is 0 Å². The van der Waals surface area contributed by atoms with Crippen molar-refractivity contribution in [3.63, 3.8) is 0 Å². The molecule has 114 valence electrons. The lowest BCUT2D eigenvalue weighted by Gasteiger charge is -2.10. The van der Waals surface area contributed by atoms with E-state index in [1.54, 1.807) is 13.2 Å². The molecule has 1 rings (SSSR count). The van der Waals surface area contributed by atoms with Crippen molar-refractivity contribution in [2.45, 2.75) is 33.2 Å². The molecule has 1 N–H and O–H groups in total. The fraction of sp³-hybridized carbons (Fsp3) is 0.625. The van der Waals surface area contributed by atoms with E-state index in [0.717, 1.165) is 24.9 Å². The van der Waals surface area contributed by atoms with Crippen molar-refractivity contribution in [2.24, 2.45) is 5.92 Å². The van der Waals surface area contributed by atoms with Crippen molar-refractivity contribution in [1.82, 2.24) is 5.32 Å². The maximum atomic E-state index is 13.8. The van der Waals surface area contributed by atoms with E-state index in [2.05, 4.69) is 19.2 Å². The van der Waals surface area contributed by atoms with Crippen molar-refractivity contribution in [3.8, 4) is 5.75 Å². The van der Waals surface area contributed by atoms with Crippen LogP contribution in [0.25, 0.3) is 0 Å². The molecule has 0 aliphatic rings. The fourth-order valence-electron chi connectivity index (χ4n) is 1.81. The van der Waals surface area contributed by atoms with Crippen LogP contribution in [0, 0.1) is 11.7 Å². The highest BCUT2D eigenvalue weighted by atomic mass is 19.1. The van der Waals surface area contributed by atoms with Crippen molar-refractivity contribution in [1.29, 1.82) is 0 Å². The summed E-state index contributed by atoms with van der Waals surface area (Å²) in [4.78, 5) is 0. The van der Waals surface area contributed by atoms with E-state index in [1.165, 1.54) is 6.07 Å². The van der Waals surface area contributed by atoms with Crippen molar-refractivity contribution >= 4 is 0 Å². The summed E-state index contributed by atoms with van der Waals surface area (Å²) in [6, 6.07) is 5.15. The zero-order valence-electron chi connectivity index (χ0n) is 12.7. The predicted octanol–water partition coefficient (Wildman–Crippen LogP) is 3.38. The molecular weight excluding hydrogens is 257 g/mol.